The molecule has 1 aliphatic heterocycles. The highest BCUT2D eigenvalue weighted by atomic mass is 16.4. The van der Waals surface area contributed by atoms with Crippen LogP contribution in [-0.2, 0) is 12.8 Å². The van der Waals surface area contributed by atoms with E-state index >= 15 is 0 Å². The molecule has 3 aromatic rings. The van der Waals surface area contributed by atoms with E-state index in [0.29, 0.717) is 11.5 Å². The number of rotatable bonds is 2. The van der Waals surface area contributed by atoms with E-state index in [-0.39, 0.29) is 12.0 Å². The van der Waals surface area contributed by atoms with Gasteiger partial charge in [-0.05, 0) is 76.4 Å². The number of anilines is 1. The molecule has 2 N–H and O–H groups in total. The summed E-state index contributed by atoms with van der Waals surface area (Å²) in [6.07, 6.45) is 7.82. The number of aryl methyl sites for hydroxylation is 2. The average Bonchev–Trinajstić information content (AvgIpc) is 3.36. The Kier molecular flexibility index (Phi) is 3.25. The summed E-state index contributed by atoms with van der Waals surface area (Å²) in [5.74, 6) is -0.186. The van der Waals surface area contributed by atoms with Gasteiger partial charge in [-0.3, -0.25) is 0 Å². The number of aromatic carboxylic acids is 1. The second-order valence-corrected chi connectivity index (χ2v) is 8.24. The van der Waals surface area contributed by atoms with E-state index in [4.69, 9.17) is 0 Å². The number of fused-ring (bicyclic) bond motifs is 3. The minimum atomic E-state index is -0.865. The zero-order chi connectivity index (χ0) is 18.8. The summed E-state index contributed by atoms with van der Waals surface area (Å²) in [4.78, 5) is 11.4. The van der Waals surface area contributed by atoms with Crippen molar-refractivity contribution in [2.45, 2.75) is 31.2 Å². The molecule has 6 rings (SSSR count). The minimum Gasteiger partial charge on any atom is -0.478 e. The Morgan fingerprint density at radius 3 is 2.71 bits per heavy atom. The van der Waals surface area contributed by atoms with Crippen molar-refractivity contribution >= 4 is 22.4 Å². The molecule has 0 saturated heterocycles. The molecule has 0 aromatic heterocycles. The molecule has 3 aromatic carbocycles. The molecule has 2 aliphatic carbocycles. The molecule has 0 spiro atoms. The molecule has 0 radical (unpaired) electrons. The summed E-state index contributed by atoms with van der Waals surface area (Å²) in [5, 5.41) is 16.0. The molecule has 3 atom stereocenters. The van der Waals surface area contributed by atoms with Crippen LogP contribution < -0.4 is 5.32 Å². The Balaban J connectivity index is 1.51. The van der Waals surface area contributed by atoms with Crippen molar-refractivity contribution in [2.24, 2.45) is 5.92 Å². The van der Waals surface area contributed by atoms with Crippen molar-refractivity contribution in [1.29, 1.82) is 0 Å². The predicted octanol–water partition coefficient (Wildman–Crippen LogP) is 5.46. The van der Waals surface area contributed by atoms with E-state index in [1.807, 2.05) is 12.1 Å². The van der Waals surface area contributed by atoms with Crippen molar-refractivity contribution in [3.63, 3.8) is 0 Å². The molecular weight excluding hydrogens is 346 g/mol. The van der Waals surface area contributed by atoms with Gasteiger partial charge in [-0.25, -0.2) is 4.79 Å². The van der Waals surface area contributed by atoms with Crippen LogP contribution in [0.25, 0.3) is 10.8 Å². The zero-order valence-corrected chi connectivity index (χ0v) is 15.5. The van der Waals surface area contributed by atoms with Crippen LogP contribution in [0.2, 0.25) is 0 Å². The molecule has 28 heavy (non-hydrogen) atoms. The van der Waals surface area contributed by atoms with Gasteiger partial charge in [-0.2, -0.15) is 0 Å². The third-order valence-electron chi connectivity index (χ3n) is 6.86. The Hall–Kier alpha value is -3.07. The van der Waals surface area contributed by atoms with Gasteiger partial charge in [-0.15, -0.1) is 0 Å². The van der Waals surface area contributed by atoms with Crippen LogP contribution in [0.5, 0.6) is 0 Å². The number of hydrogen-bond acceptors (Lipinski definition) is 2. The smallest absolute Gasteiger partial charge is 0.335 e. The molecule has 0 fully saturated rings. The van der Waals surface area contributed by atoms with Crippen molar-refractivity contribution < 1.29 is 9.90 Å². The minimum absolute atomic E-state index is 0.230. The second-order valence-electron chi connectivity index (χ2n) is 8.24. The summed E-state index contributed by atoms with van der Waals surface area (Å²) in [5.41, 5.74) is 6.85. The molecule has 3 nitrogen and oxygen atoms in total. The number of hydrogen-bond donors (Lipinski definition) is 2. The Labute approximate surface area is 163 Å². The molecule has 3 aliphatic rings. The quantitative estimate of drug-likeness (QED) is 0.591. The summed E-state index contributed by atoms with van der Waals surface area (Å²) in [6, 6.07) is 17.1. The molecule has 0 bridgehead atoms. The van der Waals surface area contributed by atoms with E-state index in [2.05, 4.69) is 47.8 Å². The number of nitrogens with one attached hydrogen (secondary N) is 1. The maximum absolute atomic E-state index is 11.4. The maximum atomic E-state index is 11.4. The van der Waals surface area contributed by atoms with Crippen molar-refractivity contribution in [2.75, 3.05) is 5.32 Å². The highest BCUT2D eigenvalue weighted by Gasteiger charge is 2.39. The van der Waals surface area contributed by atoms with Gasteiger partial charge in [0.15, 0.2) is 0 Å². The fourth-order valence-electron chi connectivity index (χ4n) is 5.58. The predicted molar refractivity (Wildman–Crippen MR) is 111 cm³/mol. The van der Waals surface area contributed by atoms with E-state index < -0.39 is 5.97 Å². The van der Waals surface area contributed by atoms with Gasteiger partial charge in [0, 0.05) is 11.6 Å². The molecule has 138 valence electrons. The Morgan fingerprint density at radius 2 is 1.86 bits per heavy atom. The standard InChI is InChI=1S/C25H21NO2/c27-25(28)16-10-12-22-21(13-16)17-4-2-6-19(17)24(26-22)20-11-9-15-8-7-14-3-1-5-18(20)23(14)15/h1-5,9-13,17,19,24,26H,6-8H2,(H,27,28)/t17-,19-,24-/m1/s1. The van der Waals surface area contributed by atoms with Gasteiger partial charge in [0.25, 0.3) is 0 Å². The first-order valence-corrected chi connectivity index (χ1v) is 10.0. The molecule has 1 heterocycles. The summed E-state index contributed by atoms with van der Waals surface area (Å²) >= 11 is 0. The maximum Gasteiger partial charge on any atom is 0.335 e. The third-order valence-corrected chi connectivity index (χ3v) is 6.86. The van der Waals surface area contributed by atoms with Gasteiger partial charge in [0.05, 0.1) is 11.6 Å². The summed E-state index contributed by atoms with van der Waals surface area (Å²) < 4.78 is 0. The van der Waals surface area contributed by atoms with Crippen LogP contribution in [0.1, 0.15) is 51.0 Å². The first-order valence-electron chi connectivity index (χ1n) is 10.0. The molecule has 3 heteroatoms. The largest absolute Gasteiger partial charge is 0.478 e. The molecule has 0 unspecified atom stereocenters. The highest BCUT2D eigenvalue weighted by molar-refractivity contribution is 5.94. The van der Waals surface area contributed by atoms with Crippen LogP contribution in [0, 0.1) is 5.92 Å². The lowest BCUT2D eigenvalue weighted by Crippen LogP contribution is -2.29. The van der Waals surface area contributed by atoms with Crippen molar-refractivity contribution in [3.05, 3.63) is 88.5 Å². The number of carbonyl (C=O) groups is 1. The monoisotopic (exact) mass is 367 g/mol. The van der Waals surface area contributed by atoms with Gasteiger partial charge in [-0.1, -0.05) is 42.5 Å². The first-order chi connectivity index (χ1) is 13.7. The van der Waals surface area contributed by atoms with Crippen LogP contribution in [0.4, 0.5) is 5.69 Å². The highest BCUT2D eigenvalue weighted by Crippen LogP contribution is 2.51. The van der Waals surface area contributed by atoms with Gasteiger partial charge >= 0.3 is 5.97 Å². The Bertz CT molecular complexity index is 1170. The van der Waals surface area contributed by atoms with E-state index in [0.717, 1.165) is 30.5 Å². The fourth-order valence-corrected chi connectivity index (χ4v) is 5.58. The lowest BCUT2D eigenvalue weighted by molar-refractivity contribution is 0.0696. The molecule has 0 saturated carbocycles. The number of carboxylic acids is 1. The van der Waals surface area contributed by atoms with Crippen LogP contribution in [0.3, 0.4) is 0 Å². The SMILES string of the molecule is O=C(O)c1ccc2c(c1)[C@@H]1C=CC[C@H]1[C@H](c1ccc3c4c(cccc14)CC3)N2. The van der Waals surface area contributed by atoms with E-state index in [9.17, 15) is 9.90 Å². The van der Waals surface area contributed by atoms with Crippen LogP contribution >= 0.6 is 0 Å². The lowest BCUT2D eigenvalue weighted by Gasteiger charge is -2.38. The molecule has 0 amide bonds. The van der Waals surface area contributed by atoms with Gasteiger partial charge in [0.1, 0.15) is 0 Å². The third kappa shape index (κ3) is 2.13. The lowest BCUT2D eigenvalue weighted by atomic mass is 9.75. The number of benzene rings is 3. The summed E-state index contributed by atoms with van der Waals surface area (Å²) in [6.45, 7) is 0. The first kappa shape index (κ1) is 15.9. The topological polar surface area (TPSA) is 49.3 Å². The summed E-state index contributed by atoms with van der Waals surface area (Å²) in [7, 11) is 0. The van der Waals surface area contributed by atoms with Crippen molar-refractivity contribution in [3.8, 4) is 0 Å². The Morgan fingerprint density at radius 1 is 1.00 bits per heavy atom. The van der Waals surface area contributed by atoms with E-state index in [1.165, 1.54) is 27.5 Å². The van der Waals surface area contributed by atoms with Crippen LogP contribution in [0.15, 0.2) is 60.7 Å². The van der Waals surface area contributed by atoms with Gasteiger partial charge in [0.2, 0.25) is 0 Å². The molecular formula is C25H21NO2. The average molecular weight is 367 g/mol. The normalized spacial score (nSPS) is 24.1. The fraction of sp³-hybridized carbons (Fsp3) is 0.240. The number of allylic oxidation sites excluding steroid dienone is 2. The zero-order valence-electron chi connectivity index (χ0n) is 15.5. The number of carboxylic acid groups (broad SMARTS) is 1. The van der Waals surface area contributed by atoms with Crippen molar-refractivity contribution in [1.82, 2.24) is 0 Å². The van der Waals surface area contributed by atoms with Gasteiger partial charge < -0.3 is 10.4 Å². The van der Waals surface area contributed by atoms with E-state index in [1.54, 1.807) is 6.07 Å². The van der Waals surface area contributed by atoms with Crippen LogP contribution in [-0.4, -0.2) is 11.1 Å². The second kappa shape index (κ2) is 5.71.